The minimum atomic E-state index is -3.67. The Kier molecular flexibility index (Phi) is 4.32. The number of carbonyl (C=O) groups is 1. The molecule has 0 heterocycles. The summed E-state index contributed by atoms with van der Waals surface area (Å²) in [4.78, 5) is 11.0. The molecule has 2 aliphatic rings. The van der Waals surface area contributed by atoms with Crippen LogP contribution in [0.2, 0.25) is 0 Å². The third-order valence-corrected chi connectivity index (χ3v) is 6.42. The van der Waals surface area contributed by atoms with Crippen molar-refractivity contribution in [3.05, 3.63) is 71.8 Å². The molecule has 2 aromatic carbocycles. The van der Waals surface area contributed by atoms with Crippen molar-refractivity contribution >= 4 is 57.5 Å². The molecule has 0 saturated carbocycles. The number of ketones is 1. The summed E-state index contributed by atoms with van der Waals surface area (Å²) in [6, 6.07) is 11.0. The number of hydrogen-bond donors (Lipinski definition) is 0. The zero-order valence-corrected chi connectivity index (χ0v) is 15.9. The minimum absolute atomic E-state index is 0.185. The number of allylic oxidation sites excluding steroid dienone is 6. The fourth-order valence-corrected chi connectivity index (χ4v) is 5.76. The van der Waals surface area contributed by atoms with E-state index < -0.39 is 9.05 Å². The molecule has 2 aromatic rings. The average Bonchev–Trinajstić information content (AvgIpc) is 3.04. The first kappa shape index (κ1) is 16.3. The van der Waals surface area contributed by atoms with Gasteiger partial charge in [0.2, 0.25) is 0 Å². The van der Waals surface area contributed by atoms with Gasteiger partial charge in [0.05, 0.1) is 0 Å². The Balaban J connectivity index is 0.000000162. The van der Waals surface area contributed by atoms with Gasteiger partial charge < -0.3 is 0 Å². The molecule has 0 spiro atoms. The van der Waals surface area contributed by atoms with Gasteiger partial charge in [0, 0.05) is 11.1 Å². The van der Waals surface area contributed by atoms with Crippen molar-refractivity contribution < 1.29 is 13.2 Å². The normalized spacial score (nSPS) is 15.3. The molecule has 0 saturated heterocycles. The van der Waals surface area contributed by atoms with Crippen LogP contribution < -0.4 is 4.35 Å². The summed E-state index contributed by atoms with van der Waals surface area (Å²) in [6.45, 7) is 0. The van der Waals surface area contributed by atoms with Crippen molar-refractivity contribution in [3.8, 4) is 0 Å². The van der Waals surface area contributed by atoms with E-state index in [1.165, 1.54) is 16.9 Å². The van der Waals surface area contributed by atoms with Gasteiger partial charge in [0.25, 0.3) is 0 Å². The van der Waals surface area contributed by atoms with E-state index in [1.807, 2.05) is 42.5 Å². The van der Waals surface area contributed by atoms with Crippen LogP contribution >= 0.6 is 10.7 Å². The Morgan fingerprint density at radius 2 is 1.52 bits per heavy atom. The van der Waals surface area contributed by atoms with Crippen LogP contribution in [-0.2, 0) is 13.8 Å². The number of rotatable bonds is 1. The fraction of sp³-hybridized carbons (Fsp3) is 0. The van der Waals surface area contributed by atoms with Gasteiger partial charge in [-0.3, -0.25) is 4.79 Å². The molecule has 0 radical (unpaired) electrons. The fourth-order valence-electron chi connectivity index (χ4n) is 2.47. The summed E-state index contributed by atoms with van der Waals surface area (Å²) in [5.41, 5.74) is 1.67. The van der Waals surface area contributed by atoms with E-state index in [0.717, 1.165) is 20.9 Å². The molecule has 1 atom stereocenters. The number of Topliss-reactive ketones (excluding diaryl/α,β-unsaturated/α-hetero) is 1. The van der Waals surface area contributed by atoms with Crippen molar-refractivity contribution in [2.45, 2.75) is 4.90 Å². The molecule has 0 fully saturated rings. The first-order valence-electron chi connectivity index (χ1n) is 6.74. The van der Waals surface area contributed by atoms with Crippen LogP contribution in [0.4, 0.5) is 0 Å². The molecule has 3 nitrogen and oxygen atoms in total. The monoisotopic (exact) mass is 406 g/mol. The van der Waals surface area contributed by atoms with Crippen molar-refractivity contribution in [1.29, 1.82) is 0 Å². The Morgan fingerprint density at radius 1 is 0.913 bits per heavy atom. The van der Waals surface area contributed by atoms with E-state index in [9.17, 15) is 13.2 Å². The third kappa shape index (κ3) is 3.20. The molecule has 0 amide bonds. The van der Waals surface area contributed by atoms with E-state index in [2.05, 4.69) is 0 Å². The number of benzene rings is 2. The van der Waals surface area contributed by atoms with Crippen LogP contribution in [-0.4, -0.2) is 31.1 Å². The summed E-state index contributed by atoms with van der Waals surface area (Å²) in [5, 5.41) is 1.58. The van der Waals surface area contributed by atoms with Crippen molar-refractivity contribution in [1.82, 2.24) is 0 Å². The summed E-state index contributed by atoms with van der Waals surface area (Å²) in [5.74, 6) is 0.185. The molecule has 4 rings (SSSR count). The SMILES string of the molecule is O=C1C2=CC=C1C=C2.O=S(=O)(Cl)c1c([AsH2])ccc2ccccc12. The molecule has 0 aliphatic heterocycles. The van der Waals surface area contributed by atoms with E-state index in [-0.39, 0.29) is 10.7 Å². The molecular weight excluding hydrogens is 395 g/mol. The summed E-state index contributed by atoms with van der Waals surface area (Å²) in [6.07, 6.45) is 7.38. The van der Waals surface area contributed by atoms with Crippen LogP contribution in [0.15, 0.2) is 76.7 Å². The first-order valence-corrected chi connectivity index (χ1v) is 10.3. The van der Waals surface area contributed by atoms with Gasteiger partial charge in [-0.15, -0.1) is 0 Å². The average molecular weight is 407 g/mol. The van der Waals surface area contributed by atoms with Crippen LogP contribution in [0.3, 0.4) is 0 Å². The number of fused-ring (bicyclic) bond motifs is 3. The third-order valence-electron chi connectivity index (χ3n) is 3.56. The van der Waals surface area contributed by atoms with E-state index in [4.69, 9.17) is 10.7 Å². The molecule has 1 unspecified atom stereocenters. The van der Waals surface area contributed by atoms with E-state index in [1.54, 1.807) is 18.2 Å². The topological polar surface area (TPSA) is 51.2 Å². The van der Waals surface area contributed by atoms with Crippen LogP contribution in [0.25, 0.3) is 10.8 Å². The van der Waals surface area contributed by atoms with Gasteiger partial charge in [0.1, 0.15) is 0 Å². The van der Waals surface area contributed by atoms with Crippen molar-refractivity contribution in [2.75, 3.05) is 0 Å². The molecular formula is C17H12AsClO3S. The number of halogens is 1. The predicted octanol–water partition coefficient (Wildman–Crippen LogP) is 2.02. The zero-order chi connectivity index (χ0) is 16.6. The summed E-state index contributed by atoms with van der Waals surface area (Å²) in [7, 11) is 1.75. The number of carbonyl (C=O) groups excluding carboxylic acids is 1. The summed E-state index contributed by atoms with van der Waals surface area (Å²) >= 11 is 1.25. The second-order valence-electron chi connectivity index (χ2n) is 5.05. The molecule has 0 N–H and O–H groups in total. The molecule has 6 heteroatoms. The maximum absolute atomic E-state index is 11.4. The van der Waals surface area contributed by atoms with E-state index in [0.29, 0.717) is 5.39 Å². The van der Waals surface area contributed by atoms with Crippen molar-refractivity contribution in [2.24, 2.45) is 0 Å². The maximum atomic E-state index is 11.4. The van der Waals surface area contributed by atoms with Gasteiger partial charge in [-0.2, -0.15) is 0 Å². The van der Waals surface area contributed by atoms with E-state index >= 15 is 0 Å². The summed E-state index contributed by atoms with van der Waals surface area (Å²) < 4.78 is 23.6. The van der Waals surface area contributed by atoms with Gasteiger partial charge in [-0.25, -0.2) is 0 Å². The predicted molar refractivity (Wildman–Crippen MR) is 95.5 cm³/mol. The Morgan fingerprint density at radius 3 is 2.00 bits per heavy atom. The molecule has 23 heavy (non-hydrogen) atoms. The van der Waals surface area contributed by atoms with Gasteiger partial charge in [-0.05, 0) is 0 Å². The van der Waals surface area contributed by atoms with Gasteiger partial charge in [-0.1, -0.05) is 24.3 Å². The van der Waals surface area contributed by atoms with Crippen LogP contribution in [0, 0.1) is 0 Å². The molecule has 2 aliphatic carbocycles. The van der Waals surface area contributed by atoms with Crippen LogP contribution in [0.5, 0.6) is 0 Å². The van der Waals surface area contributed by atoms with Crippen molar-refractivity contribution in [3.63, 3.8) is 0 Å². The quantitative estimate of drug-likeness (QED) is 0.538. The van der Waals surface area contributed by atoms with Crippen LogP contribution in [0.1, 0.15) is 0 Å². The molecule has 2 bridgehead atoms. The Labute approximate surface area is 147 Å². The standard InChI is InChI=1S/C10H8AsClO2S.C7H4O/c11-9-6-5-7-3-1-2-4-8(7)10(9)15(12,13)14;8-7-5-1-2-6(7)4-3-5/h1-6H,11H2;1-4H. The van der Waals surface area contributed by atoms with Gasteiger partial charge in [0.15, 0.2) is 5.78 Å². The number of hydrogen-bond acceptors (Lipinski definition) is 3. The first-order chi connectivity index (χ1) is 10.9. The second kappa shape index (κ2) is 6.12. The second-order valence-corrected chi connectivity index (χ2v) is 8.86. The molecule has 0 aromatic heterocycles. The Hall–Kier alpha value is -1.61. The Bertz CT molecular complexity index is 993. The zero-order valence-electron chi connectivity index (χ0n) is 11.9. The molecule has 116 valence electrons. The van der Waals surface area contributed by atoms with Gasteiger partial charge >= 0.3 is 101 Å².